The largest absolute Gasteiger partial charge is 0.313 e. The molecular weight excluding hydrogens is 202 g/mol. The molecule has 15 heavy (non-hydrogen) atoms. The monoisotopic (exact) mass is 231 g/mol. The molecule has 0 aliphatic heterocycles. The summed E-state index contributed by atoms with van der Waals surface area (Å²) in [4.78, 5) is 0. The molecule has 0 spiro atoms. The fourth-order valence-electron chi connectivity index (χ4n) is 1.48. The molecule has 0 rings (SSSR count). The first kappa shape index (κ1) is 15.3. The first-order chi connectivity index (χ1) is 7.22. The zero-order valence-corrected chi connectivity index (χ0v) is 11.8. The Bertz CT molecular complexity index is 126. The summed E-state index contributed by atoms with van der Waals surface area (Å²) in [5, 5.41) is 3.64. The maximum Gasteiger partial charge on any atom is 0.0181 e. The van der Waals surface area contributed by atoms with E-state index in [4.69, 9.17) is 0 Å². The van der Waals surface area contributed by atoms with Gasteiger partial charge < -0.3 is 5.32 Å². The van der Waals surface area contributed by atoms with Crippen LogP contribution >= 0.6 is 11.8 Å². The Morgan fingerprint density at radius 2 is 1.80 bits per heavy atom. The van der Waals surface area contributed by atoms with Gasteiger partial charge in [-0.05, 0) is 31.1 Å². The van der Waals surface area contributed by atoms with Gasteiger partial charge in [-0.25, -0.2) is 0 Å². The van der Waals surface area contributed by atoms with Gasteiger partial charge in [0.25, 0.3) is 0 Å². The van der Waals surface area contributed by atoms with E-state index < -0.39 is 0 Å². The van der Waals surface area contributed by atoms with Crippen LogP contribution in [0.2, 0.25) is 0 Å². The molecule has 0 amide bonds. The number of unbranched alkanes of at least 4 members (excludes halogenated alkanes) is 2. The molecule has 0 fully saturated rings. The molecule has 0 bridgehead atoms. The molecule has 0 saturated heterocycles. The second-order valence-corrected chi connectivity index (χ2v) is 5.74. The Labute approximate surface area is 101 Å². The molecule has 0 aromatic rings. The van der Waals surface area contributed by atoms with Crippen LogP contribution in [0.25, 0.3) is 0 Å². The van der Waals surface area contributed by atoms with E-state index in [-0.39, 0.29) is 0 Å². The summed E-state index contributed by atoms with van der Waals surface area (Å²) in [6.07, 6.45) is 5.35. The summed E-state index contributed by atoms with van der Waals surface area (Å²) in [5.74, 6) is 3.38. The number of thioether (sulfide) groups is 1. The van der Waals surface area contributed by atoms with E-state index in [9.17, 15) is 0 Å². The van der Waals surface area contributed by atoms with Gasteiger partial charge in [0.05, 0.1) is 0 Å². The molecule has 0 heterocycles. The summed E-state index contributed by atoms with van der Waals surface area (Å²) in [5.41, 5.74) is 0. The van der Waals surface area contributed by atoms with Crippen molar-refractivity contribution in [2.24, 2.45) is 5.92 Å². The minimum atomic E-state index is 0.705. The van der Waals surface area contributed by atoms with Crippen LogP contribution in [0.1, 0.15) is 53.4 Å². The van der Waals surface area contributed by atoms with Gasteiger partial charge >= 0.3 is 0 Å². The molecule has 0 aliphatic rings. The highest BCUT2D eigenvalue weighted by atomic mass is 32.2. The number of hydrogen-bond acceptors (Lipinski definition) is 2. The minimum absolute atomic E-state index is 0.705. The number of nitrogens with one attached hydrogen (secondary N) is 1. The first-order valence-corrected chi connectivity index (χ1v) is 7.68. The van der Waals surface area contributed by atoms with Crippen LogP contribution in [0.15, 0.2) is 0 Å². The third kappa shape index (κ3) is 9.25. The minimum Gasteiger partial charge on any atom is -0.313 e. The van der Waals surface area contributed by atoms with Crippen molar-refractivity contribution in [3.8, 4) is 0 Å². The van der Waals surface area contributed by atoms with Gasteiger partial charge in [-0.1, -0.05) is 40.5 Å². The normalized spacial score (nSPS) is 13.4. The predicted octanol–water partition coefficient (Wildman–Crippen LogP) is 3.93. The van der Waals surface area contributed by atoms with E-state index in [0.29, 0.717) is 6.04 Å². The van der Waals surface area contributed by atoms with Gasteiger partial charge in [0.1, 0.15) is 0 Å². The third-order valence-electron chi connectivity index (χ3n) is 2.65. The Morgan fingerprint density at radius 1 is 1.07 bits per heavy atom. The number of rotatable bonds is 10. The Morgan fingerprint density at radius 3 is 2.33 bits per heavy atom. The van der Waals surface area contributed by atoms with Gasteiger partial charge in [0.2, 0.25) is 0 Å². The van der Waals surface area contributed by atoms with Gasteiger partial charge in [-0.15, -0.1) is 0 Å². The lowest BCUT2D eigenvalue weighted by atomic mass is 10.1. The molecule has 2 heteroatoms. The van der Waals surface area contributed by atoms with Crippen molar-refractivity contribution in [3.05, 3.63) is 0 Å². The van der Waals surface area contributed by atoms with Crippen LogP contribution < -0.4 is 5.32 Å². The van der Waals surface area contributed by atoms with Crippen LogP contribution in [0.4, 0.5) is 0 Å². The van der Waals surface area contributed by atoms with E-state index in [1.807, 2.05) is 0 Å². The zero-order chi connectivity index (χ0) is 11.5. The molecule has 0 saturated carbocycles. The summed E-state index contributed by atoms with van der Waals surface area (Å²) in [6.45, 7) is 10.3. The van der Waals surface area contributed by atoms with Crippen molar-refractivity contribution >= 4 is 11.8 Å². The molecule has 0 aromatic carbocycles. The molecule has 1 N–H and O–H groups in total. The summed E-state index contributed by atoms with van der Waals surface area (Å²) in [6, 6.07) is 0.705. The van der Waals surface area contributed by atoms with Crippen molar-refractivity contribution in [2.75, 3.05) is 18.1 Å². The van der Waals surface area contributed by atoms with Crippen LogP contribution in [-0.4, -0.2) is 24.1 Å². The fourth-order valence-corrected chi connectivity index (χ4v) is 2.81. The molecule has 1 unspecified atom stereocenters. The zero-order valence-electron chi connectivity index (χ0n) is 11.0. The molecule has 0 aromatic heterocycles. The Balaban J connectivity index is 3.48. The highest BCUT2D eigenvalue weighted by Gasteiger charge is 2.11. The second-order valence-electron chi connectivity index (χ2n) is 4.59. The Hall–Kier alpha value is 0.310. The SMILES string of the molecule is CCCCCSCC(NCCC)C(C)C. The Kier molecular flexibility index (Phi) is 11.0. The topological polar surface area (TPSA) is 12.0 Å². The van der Waals surface area contributed by atoms with Gasteiger partial charge in [-0.2, -0.15) is 11.8 Å². The van der Waals surface area contributed by atoms with E-state index in [0.717, 1.165) is 5.92 Å². The van der Waals surface area contributed by atoms with Crippen molar-refractivity contribution < 1.29 is 0 Å². The quantitative estimate of drug-likeness (QED) is 0.572. The standard InChI is InChI=1S/C13H29NS/c1-5-7-8-10-15-11-13(12(3)4)14-9-6-2/h12-14H,5-11H2,1-4H3. The molecule has 1 nitrogen and oxygen atoms in total. The summed E-state index contributed by atoms with van der Waals surface area (Å²) >= 11 is 2.12. The van der Waals surface area contributed by atoms with E-state index in [1.165, 1.54) is 43.7 Å². The van der Waals surface area contributed by atoms with Crippen LogP contribution in [0.5, 0.6) is 0 Å². The average Bonchev–Trinajstić information content (AvgIpc) is 2.21. The lowest BCUT2D eigenvalue weighted by molar-refractivity contribution is 0.434. The van der Waals surface area contributed by atoms with Crippen molar-refractivity contribution in [2.45, 2.75) is 59.4 Å². The van der Waals surface area contributed by atoms with Gasteiger partial charge in [-0.3, -0.25) is 0 Å². The first-order valence-electron chi connectivity index (χ1n) is 6.53. The maximum absolute atomic E-state index is 3.64. The lowest BCUT2D eigenvalue weighted by Gasteiger charge is -2.21. The van der Waals surface area contributed by atoms with Crippen molar-refractivity contribution in [1.82, 2.24) is 5.32 Å². The smallest absolute Gasteiger partial charge is 0.0181 e. The number of hydrogen-bond donors (Lipinski definition) is 1. The van der Waals surface area contributed by atoms with Crippen LogP contribution in [0.3, 0.4) is 0 Å². The fraction of sp³-hybridized carbons (Fsp3) is 1.00. The van der Waals surface area contributed by atoms with Crippen molar-refractivity contribution in [1.29, 1.82) is 0 Å². The van der Waals surface area contributed by atoms with Crippen LogP contribution in [0, 0.1) is 5.92 Å². The molecule has 0 aliphatic carbocycles. The predicted molar refractivity (Wildman–Crippen MR) is 73.8 cm³/mol. The average molecular weight is 231 g/mol. The second kappa shape index (κ2) is 10.8. The maximum atomic E-state index is 3.64. The molecule has 92 valence electrons. The highest BCUT2D eigenvalue weighted by molar-refractivity contribution is 7.99. The van der Waals surface area contributed by atoms with Crippen molar-refractivity contribution in [3.63, 3.8) is 0 Å². The van der Waals surface area contributed by atoms with Gasteiger partial charge in [0, 0.05) is 11.8 Å². The molecule has 0 radical (unpaired) electrons. The van der Waals surface area contributed by atoms with E-state index >= 15 is 0 Å². The third-order valence-corrected chi connectivity index (χ3v) is 3.82. The lowest BCUT2D eigenvalue weighted by Crippen LogP contribution is -2.36. The highest BCUT2D eigenvalue weighted by Crippen LogP contribution is 2.12. The van der Waals surface area contributed by atoms with E-state index in [2.05, 4.69) is 44.8 Å². The van der Waals surface area contributed by atoms with Gasteiger partial charge in [0.15, 0.2) is 0 Å². The molecule has 1 atom stereocenters. The summed E-state index contributed by atoms with van der Waals surface area (Å²) < 4.78 is 0. The van der Waals surface area contributed by atoms with E-state index in [1.54, 1.807) is 0 Å². The van der Waals surface area contributed by atoms with Crippen LogP contribution in [-0.2, 0) is 0 Å². The summed E-state index contributed by atoms with van der Waals surface area (Å²) in [7, 11) is 0. The molecular formula is C13H29NS.